The number of nitrogens with zero attached hydrogens (tertiary/aromatic N) is 2. The molecule has 0 aliphatic carbocycles. The first kappa shape index (κ1) is 22.6. The van der Waals surface area contributed by atoms with Crippen LogP contribution in [-0.4, -0.2) is 26.3 Å². The summed E-state index contributed by atoms with van der Waals surface area (Å²) < 4.78 is 15.5. The first-order valence-electron chi connectivity index (χ1n) is 11.4. The Morgan fingerprint density at radius 1 is 1.00 bits per heavy atom. The van der Waals surface area contributed by atoms with Crippen LogP contribution in [-0.2, 0) is 23.2 Å². The van der Waals surface area contributed by atoms with Crippen LogP contribution in [0.15, 0.2) is 78.5 Å². The molecule has 0 bridgehead atoms. The molecule has 0 spiro atoms. The molecule has 1 unspecified atom stereocenters. The van der Waals surface area contributed by atoms with Gasteiger partial charge in [0.05, 0.1) is 11.6 Å². The number of benzene rings is 3. The van der Waals surface area contributed by atoms with Crippen LogP contribution >= 0.6 is 0 Å². The molecule has 35 heavy (non-hydrogen) atoms. The summed E-state index contributed by atoms with van der Waals surface area (Å²) in [6.45, 7) is 3.86. The molecular weight excluding hydrogens is 443 g/mol. The molecule has 1 amide bonds. The highest BCUT2D eigenvalue weighted by molar-refractivity contribution is 6.46. The van der Waals surface area contributed by atoms with Gasteiger partial charge in [-0.15, -0.1) is 0 Å². The van der Waals surface area contributed by atoms with E-state index in [0.29, 0.717) is 11.1 Å². The molecule has 1 fully saturated rings. The van der Waals surface area contributed by atoms with Crippen LogP contribution in [0.3, 0.4) is 0 Å². The Bertz CT molecular complexity index is 1510. The number of rotatable bonds is 4. The van der Waals surface area contributed by atoms with Gasteiger partial charge < -0.3 is 14.6 Å². The number of aromatic nitrogens is 1. The van der Waals surface area contributed by atoms with E-state index >= 15 is 0 Å². The van der Waals surface area contributed by atoms with E-state index in [0.717, 1.165) is 27.6 Å². The number of fused-ring (bicyclic) bond motifs is 1. The molecule has 1 saturated heterocycles. The van der Waals surface area contributed by atoms with Crippen molar-refractivity contribution in [2.45, 2.75) is 26.4 Å². The number of aliphatic hydroxyl groups excluding tert-OH is 1. The number of likely N-dealkylation sites (tertiary alicyclic amines) is 1. The Hall–Kier alpha value is -4.19. The predicted molar refractivity (Wildman–Crippen MR) is 133 cm³/mol. The topological polar surface area (TPSA) is 62.5 Å². The van der Waals surface area contributed by atoms with Gasteiger partial charge in [0.2, 0.25) is 0 Å². The Balaban J connectivity index is 1.75. The third-order valence-electron chi connectivity index (χ3n) is 6.68. The Morgan fingerprint density at radius 3 is 2.46 bits per heavy atom. The summed E-state index contributed by atoms with van der Waals surface area (Å²) in [6, 6.07) is 18.4. The highest BCUT2D eigenvalue weighted by atomic mass is 19.1. The van der Waals surface area contributed by atoms with Crippen LogP contribution in [0, 0.1) is 19.7 Å². The van der Waals surface area contributed by atoms with Crippen molar-refractivity contribution in [2.75, 3.05) is 0 Å². The van der Waals surface area contributed by atoms with Crippen LogP contribution in [0.1, 0.15) is 33.9 Å². The molecule has 5 nitrogen and oxygen atoms in total. The van der Waals surface area contributed by atoms with Crippen LogP contribution in [0.4, 0.5) is 4.39 Å². The van der Waals surface area contributed by atoms with Gasteiger partial charge in [-0.25, -0.2) is 4.39 Å². The van der Waals surface area contributed by atoms with Gasteiger partial charge in [0.25, 0.3) is 11.7 Å². The smallest absolute Gasteiger partial charge is 0.295 e. The third-order valence-corrected chi connectivity index (χ3v) is 6.68. The molecule has 0 radical (unpaired) electrons. The molecule has 176 valence electrons. The number of carbonyl (C=O) groups excluding carboxylic acids is 2. The van der Waals surface area contributed by atoms with Crippen LogP contribution < -0.4 is 0 Å². The number of aryl methyl sites for hydroxylation is 3. The number of hydrogen-bond acceptors (Lipinski definition) is 3. The van der Waals surface area contributed by atoms with E-state index in [-0.39, 0.29) is 23.7 Å². The molecule has 2 heterocycles. The standard InChI is InChI=1S/C29H25FN2O3/c1-17-8-9-18(2)22(14-17)27(33)25-26(23-16-31(3)24-7-5-4-6-21(23)24)32(29(35)28(25)34)15-19-10-12-20(30)13-11-19/h4-14,16,26,33H,15H2,1-3H3/b27-25+. The summed E-state index contributed by atoms with van der Waals surface area (Å²) >= 11 is 0. The normalized spacial score (nSPS) is 17.5. The van der Waals surface area contributed by atoms with E-state index in [4.69, 9.17) is 0 Å². The summed E-state index contributed by atoms with van der Waals surface area (Å²) in [5.74, 6) is -2.00. The lowest BCUT2D eigenvalue weighted by Gasteiger charge is -2.25. The van der Waals surface area contributed by atoms with Crippen LogP contribution in [0.5, 0.6) is 0 Å². The van der Waals surface area contributed by atoms with Crippen molar-refractivity contribution >= 4 is 28.4 Å². The maximum absolute atomic E-state index is 13.5. The highest BCUT2D eigenvalue weighted by Crippen LogP contribution is 2.43. The fraction of sp³-hybridized carbons (Fsp3) is 0.172. The molecule has 1 atom stereocenters. The minimum absolute atomic E-state index is 0.0576. The van der Waals surface area contributed by atoms with Gasteiger partial charge >= 0.3 is 0 Å². The SMILES string of the molecule is Cc1ccc(C)c(/C(O)=C2\C(=O)C(=O)N(Cc3ccc(F)cc3)C2c2cn(C)c3ccccc23)c1. The zero-order valence-electron chi connectivity index (χ0n) is 19.7. The molecular formula is C29H25FN2O3. The molecule has 4 aromatic rings. The molecule has 5 rings (SSSR count). The van der Waals surface area contributed by atoms with Crippen molar-refractivity contribution in [2.24, 2.45) is 7.05 Å². The minimum atomic E-state index is -0.800. The van der Waals surface area contributed by atoms with E-state index in [1.807, 2.05) is 74.1 Å². The Morgan fingerprint density at radius 2 is 1.71 bits per heavy atom. The third kappa shape index (κ3) is 3.81. The second-order valence-electron chi connectivity index (χ2n) is 9.08. The second-order valence-corrected chi connectivity index (χ2v) is 9.08. The van der Waals surface area contributed by atoms with E-state index in [1.165, 1.54) is 17.0 Å². The maximum Gasteiger partial charge on any atom is 0.295 e. The summed E-state index contributed by atoms with van der Waals surface area (Å²) in [7, 11) is 1.91. The molecule has 1 N–H and O–H groups in total. The van der Waals surface area contributed by atoms with E-state index in [1.54, 1.807) is 12.1 Å². The van der Waals surface area contributed by atoms with Crippen molar-refractivity contribution in [1.29, 1.82) is 0 Å². The number of halogens is 1. The minimum Gasteiger partial charge on any atom is -0.507 e. The Labute approximate surface area is 202 Å². The maximum atomic E-state index is 13.5. The number of carbonyl (C=O) groups is 2. The number of Topliss-reactive ketones (excluding diaryl/α,β-unsaturated/α-hetero) is 1. The lowest BCUT2D eigenvalue weighted by Crippen LogP contribution is -2.29. The number of para-hydroxylation sites is 1. The van der Waals surface area contributed by atoms with Crippen LogP contribution in [0.25, 0.3) is 16.7 Å². The van der Waals surface area contributed by atoms with Crippen molar-refractivity contribution < 1.29 is 19.1 Å². The van der Waals surface area contributed by atoms with Gasteiger partial charge in [0.1, 0.15) is 11.6 Å². The van der Waals surface area contributed by atoms with E-state index in [2.05, 4.69) is 0 Å². The molecule has 1 aliphatic rings. The van der Waals surface area contributed by atoms with Gasteiger partial charge in [-0.05, 0) is 49.2 Å². The van der Waals surface area contributed by atoms with Crippen molar-refractivity contribution in [1.82, 2.24) is 9.47 Å². The Kier molecular flexibility index (Phi) is 5.52. The molecule has 1 aliphatic heterocycles. The number of amides is 1. The van der Waals surface area contributed by atoms with Gasteiger partial charge in [0.15, 0.2) is 0 Å². The number of ketones is 1. The van der Waals surface area contributed by atoms with Crippen LogP contribution in [0.2, 0.25) is 0 Å². The zero-order valence-corrected chi connectivity index (χ0v) is 19.7. The summed E-state index contributed by atoms with van der Waals surface area (Å²) in [5, 5.41) is 12.4. The summed E-state index contributed by atoms with van der Waals surface area (Å²) in [4.78, 5) is 28.2. The number of hydrogen-bond donors (Lipinski definition) is 1. The van der Waals surface area contributed by atoms with Crippen molar-refractivity contribution in [3.05, 3.63) is 112 Å². The summed E-state index contributed by atoms with van der Waals surface area (Å²) in [5.41, 5.74) is 4.69. The zero-order chi connectivity index (χ0) is 24.9. The lowest BCUT2D eigenvalue weighted by molar-refractivity contribution is -0.140. The van der Waals surface area contributed by atoms with E-state index < -0.39 is 17.7 Å². The number of aliphatic hydroxyl groups is 1. The fourth-order valence-electron chi connectivity index (χ4n) is 4.88. The van der Waals surface area contributed by atoms with Crippen molar-refractivity contribution in [3.63, 3.8) is 0 Å². The highest BCUT2D eigenvalue weighted by Gasteiger charge is 2.47. The molecule has 3 aromatic carbocycles. The fourth-order valence-corrected chi connectivity index (χ4v) is 4.88. The predicted octanol–water partition coefficient (Wildman–Crippen LogP) is 5.56. The average Bonchev–Trinajstić information content (AvgIpc) is 3.30. The summed E-state index contributed by atoms with van der Waals surface area (Å²) in [6.07, 6.45) is 1.90. The average molecular weight is 469 g/mol. The van der Waals surface area contributed by atoms with Crippen molar-refractivity contribution in [3.8, 4) is 0 Å². The molecule has 0 saturated carbocycles. The molecule has 6 heteroatoms. The molecule has 1 aromatic heterocycles. The second kappa shape index (κ2) is 8.55. The largest absolute Gasteiger partial charge is 0.507 e. The van der Waals surface area contributed by atoms with Gasteiger partial charge in [0, 0.05) is 41.8 Å². The van der Waals surface area contributed by atoms with Gasteiger partial charge in [-0.1, -0.05) is 48.0 Å². The lowest BCUT2D eigenvalue weighted by atomic mass is 9.93. The van der Waals surface area contributed by atoms with E-state index in [9.17, 15) is 19.1 Å². The van der Waals surface area contributed by atoms with Gasteiger partial charge in [-0.3, -0.25) is 9.59 Å². The monoisotopic (exact) mass is 468 g/mol. The first-order valence-corrected chi connectivity index (χ1v) is 11.4. The first-order chi connectivity index (χ1) is 16.8. The van der Waals surface area contributed by atoms with Gasteiger partial charge in [-0.2, -0.15) is 0 Å². The quantitative estimate of drug-likeness (QED) is 0.242.